The number of hydrogen-bond donors (Lipinski definition) is 1. The van der Waals surface area contributed by atoms with E-state index >= 15 is 0 Å². The first-order valence-electron chi connectivity index (χ1n) is 7.17. The quantitative estimate of drug-likeness (QED) is 0.861. The van der Waals surface area contributed by atoms with Crippen molar-refractivity contribution in [2.75, 3.05) is 13.1 Å². The Bertz CT molecular complexity index is 534. The van der Waals surface area contributed by atoms with Gasteiger partial charge in [0.05, 0.1) is 0 Å². The number of nitrogens with one attached hydrogen (secondary N) is 1. The lowest BCUT2D eigenvalue weighted by atomic mass is 9.95. The predicted molar refractivity (Wildman–Crippen MR) is 73.4 cm³/mol. The van der Waals surface area contributed by atoms with Crippen LogP contribution in [-0.2, 0) is 10.9 Å². The third-order valence-electron chi connectivity index (χ3n) is 3.40. The molecular weight excluding hydrogens is 299 g/mol. The van der Waals surface area contributed by atoms with Gasteiger partial charge in [-0.05, 0) is 39.7 Å². The summed E-state index contributed by atoms with van der Waals surface area (Å²) in [6.45, 7) is 6.20. The molecule has 1 aromatic rings. The van der Waals surface area contributed by atoms with Crippen LogP contribution in [0.15, 0.2) is 6.07 Å². The number of alkyl halides is 3. The van der Waals surface area contributed by atoms with Crippen molar-refractivity contribution in [2.45, 2.75) is 51.3 Å². The number of amides is 1. The molecule has 0 radical (unpaired) electrons. The Balaban J connectivity index is 2.04. The summed E-state index contributed by atoms with van der Waals surface area (Å²) < 4.78 is 43.1. The number of aromatic nitrogens is 2. The molecule has 1 saturated heterocycles. The van der Waals surface area contributed by atoms with Gasteiger partial charge in [-0.15, -0.1) is 0 Å². The molecule has 2 heterocycles. The van der Waals surface area contributed by atoms with Gasteiger partial charge in [-0.1, -0.05) is 0 Å². The van der Waals surface area contributed by atoms with Crippen molar-refractivity contribution in [3.63, 3.8) is 0 Å². The third kappa shape index (κ3) is 4.14. The first-order chi connectivity index (χ1) is 10.1. The second-order valence-corrected chi connectivity index (χ2v) is 6.47. The second kappa shape index (κ2) is 5.81. The van der Waals surface area contributed by atoms with E-state index in [-0.39, 0.29) is 5.92 Å². The Hall–Kier alpha value is -1.73. The normalized spacial score (nSPS) is 20.1. The number of piperidine rings is 1. The summed E-state index contributed by atoms with van der Waals surface area (Å²) in [6, 6.07) is 1.02. The van der Waals surface area contributed by atoms with Crippen LogP contribution in [0.1, 0.15) is 50.9 Å². The summed E-state index contributed by atoms with van der Waals surface area (Å²) in [5.41, 5.74) is -1.13. The molecule has 8 heteroatoms. The van der Waals surface area contributed by atoms with E-state index in [0.717, 1.165) is 6.07 Å². The molecule has 1 N–H and O–H groups in total. The lowest BCUT2D eigenvalue weighted by Crippen LogP contribution is -2.42. The predicted octanol–water partition coefficient (Wildman–Crippen LogP) is 3.54. The average molecular weight is 319 g/mol. The molecule has 22 heavy (non-hydrogen) atoms. The first-order valence-corrected chi connectivity index (χ1v) is 7.17. The Labute approximate surface area is 126 Å². The number of halogens is 3. The van der Waals surface area contributed by atoms with Gasteiger partial charge in [-0.2, -0.15) is 18.3 Å². The molecule has 0 aliphatic carbocycles. The van der Waals surface area contributed by atoms with E-state index in [9.17, 15) is 18.0 Å². The smallest absolute Gasteiger partial charge is 0.435 e. The van der Waals surface area contributed by atoms with Crippen molar-refractivity contribution < 1.29 is 22.7 Å². The van der Waals surface area contributed by atoms with Crippen LogP contribution in [0, 0.1) is 0 Å². The summed E-state index contributed by atoms with van der Waals surface area (Å²) >= 11 is 0. The number of likely N-dealkylation sites (tertiary alicyclic amines) is 1. The zero-order chi connectivity index (χ0) is 16.5. The molecule has 0 aromatic carbocycles. The molecule has 5 nitrogen and oxygen atoms in total. The molecule has 1 aromatic heterocycles. The van der Waals surface area contributed by atoms with Gasteiger partial charge in [0.15, 0.2) is 5.69 Å². The molecule has 2 rings (SSSR count). The van der Waals surface area contributed by atoms with Gasteiger partial charge in [0.1, 0.15) is 5.60 Å². The maximum atomic E-state index is 12.6. The number of carbonyl (C=O) groups excluding carboxylic acids is 1. The standard InChI is InChI=1S/C14H20F3N3O2/c1-13(2,3)22-12(21)20-6-4-5-9(8-20)10-7-11(19-18-10)14(15,16)17/h7,9H,4-6,8H2,1-3H3,(H,18,19)/t9-/m0/s1. The lowest BCUT2D eigenvalue weighted by molar-refractivity contribution is -0.141. The van der Waals surface area contributed by atoms with Gasteiger partial charge < -0.3 is 9.64 Å². The number of nitrogens with zero attached hydrogens (tertiary/aromatic N) is 2. The molecule has 1 atom stereocenters. The van der Waals surface area contributed by atoms with E-state index in [4.69, 9.17) is 4.74 Å². The topological polar surface area (TPSA) is 58.2 Å². The highest BCUT2D eigenvalue weighted by Crippen LogP contribution is 2.32. The van der Waals surface area contributed by atoms with Crippen molar-refractivity contribution in [3.8, 4) is 0 Å². The third-order valence-corrected chi connectivity index (χ3v) is 3.40. The molecule has 1 aliphatic heterocycles. The summed E-state index contributed by atoms with van der Waals surface area (Å²) in [5, 5.41) is 5.75. The zero-order valence-corrected chi connectivity index (χ0v) is 12.8. The van der Waals surface area contributed by atoms with Crippen LogP contribution in [-0.4, -0.2) is 39.9 Å². The van der Waals surface area contributed by atoms with E-state index in [1.165, 1.54) is 4.90 Å². The van der Waals surface area contributed by atoms with Crippen LogP contribution < -0.4 is 0 Å². The van der Waals surface area contributed by atoms with Crippen LogP contribution in [0.5, 0.6) is 0 Å². The van der Waals surface area contributed by atoms with Gasteiger partial charge in [0.25, 0.3) is 0 Å². The molecular formula is C14H20F3N3O2. The van der Waals surface area contributed by atoms with Crippen molar-refractivity contribution in [1.29, 1.82) is 0 Å². The van der Waals surface area contributed by atoms with Gasteiger partial charge in [-0.3, -0.25) is 5.10 Å². The van der Waals surface area contributed by atoms with E-state index in [1.54, 1.807) is 20.8 Å². The molecule has 0 spiro atoms. The van der Waals surface area contributed by atoms with E-state index in [0.29, 0.717) is 31.6 Å². The molecule has 0 saturated carbocycles. The highest BCUT2D eigenvalue weighted by atomic mass is 19.4. The SMILES string of the molecule is CC(C)(C)OC(=O)N1CCC[C@H](c2cc(C(F)(F)F)n[nH]2)C1. The minimum atomic E-state index is -4.46. The molecule has 1 aliphatic rings. The summed E-state index contributed by atoms with van der Waals surface area (Å²) in [4.78, 5) is 13.6. The number of ether oxygens (including phenoxy) is 1. The van der Waals surface area contributed by atoms with Crippen LogP contribution in [0.25, 0.3) is 0 Å². The summed E-state index contributed by atoms with van der Waals surface area (Å²) in [5.74, 6) is -0.190. The highest BCUT2D eigenvalue weighted by molar-refractivity contribution is 5.68. The Morgan fingerprint density at radius 2 is 2.09 bits per heavy atom. The first kappa shape index (κ1) is 16.6. The number of hydrogen-bond acceptors (Lipinski definition) is 3. The Morgan fingerprint density at radius 1 is 1.41 bits per heavy atom. The largest absolute Gasteiger partial charge is 0.444 e. The number of rotatable bonds is 1. The molecule has 1 amide bonds. The van der Waals surface area contributed by atoms with E-state index in [1.807, 2.05) is 0 Å². The van der Waals surface area contributed by atoms with E-state index < -0.39 is 23.6 Å². The fraction of sp³-hybridized carbons (Fsp3) is 0.714. The Morgan fingerprint density at radius 3 is 2.64 bits per heavy atom. The molecule has 0 bridgehead atoms. The molecule has 124 valence electrons. The highest BCUT2D eigenvalue weighted by Gasteiger charge is 2.35. The number of carbonyl (C=O) groups is 1. The summed E-state index contributed by atoms with van der Waals surface area (Å²) in [7, 11) is 0. The van der Waals surface area contributed by atoms with Gasteiger partial charge >= 0.3 is 12.3 Å². The van der Waals surface area contributed by atoms with Crippen molar-refractivity contribution in [3.05, 3.63) is 17.5 Å². The van der Waals surface area contributed by atoms with Crippen molar-refractivity contribution in [2.24, 2.45) is 0 Å². The minimum absolute atomic E-state index is 0.190. The summed E-state index contributed by atoms with van der Waals surface area (Å²) in [6.07, 6.45) is -3.48. The minimum Gasteiger partial charge on any atom is -0.444 e. The average Bonchev–Trinajstić information content (AvgIpc) is 2.86. The van der Waals surface area contributed by atoms with E-state index in [2.05, 4.69) is 10.2 Å². The van der Waals surface area contributed by atoms with Gasteiger partial charge in [-0.25, -0.2) is 4.79 Å². The fourth-order valence-corrected chi connectivity index (χ4v) is 2.41. The van der Waals surface area contributed by atoms with Gasteiger partial charge in [0, 0.05) is 24.7 Å². The monoisotopic (exact) mass is 319 g/mol. The lowest BCUT2D eigenvalue weighted by Gasteiger charge is -2.33. The van der Waals surface area contributed by atoms with Crippen LogP contribution >= 0.6 is 0 Å². The second-order valence-electron chi connectivity index (χ2n) is 6.47. The Kier molecular flexibility index (Phi) is 4.39. The van der Waals surface area contributed by atoms with Crippen molar-refractivity contribution >= 4 is 6.09 Å². The van der Waals surface area contributed by atoms with Crippen LogP contribution in [0.2, 0.25) is 0 Å². The maximum Gasteiger partial charge on any atom is 0.435 e. The zero-order valence-electron chi connectivity index (χ0n) is 12.8. The van der Waals surface area contributed by atoms with Gasteiger partial charge in [0.2, 0.25) is 0 Å². The maximum absolute atomic E-state index is 12.6. The molecule has 1 fully saturated rings. The number of aromatic amines is 1. The fourth-order valence-electron chi connectivity index (χ4n) is 2.41. The van der Waals surface area contributed by atoms with Crippen LogP contribution in [0.4, 0.5) is 18.0 Å². The molecule has 0 unspecified atom stereocenters. The number of H-pyrrole nitrogens is 1. The van der Waals surface area contributed by atoms with Crippen LogP contribution in [0.3, 0.4) is 0 Å². The van der Waals surface area contributed by atoms with Crippen molar-refractivity contribution in [1.82, 2.24) is 15.1 Å².